The number of alkyl halides is 3. The van der Waals surface area contributed by atoms with Crippen LogP contribution in [0.4, 0.5) is 13.2 Å². The highest BCUT2D eigenvalue weighted by Gasteiger charge is 2.33. The summed E-state index contributed by atoms with van der Waals surface area (Å²) >= 11 is 0. The number of aromatic nitrogens is 2. The molecule has 1 amide bonds. The number of primary amides is 1. The van der Waals surface area contributed by atoms with Crippen LogP contribution in [-0.4, -0.2) is 15.9 Å². The molecule has 0 fully saturated rings. The van der Waals surface area contributed by atoms with Crippen molar-refractivity contribution in [1.82, 2.24) is 9.97 Å². The Kier molecular flexibility index (Phi) is 4.22. The van der Waals surface area contributed by atoms with Crippen LogP contribution in [0.1, 0.15) is 16.2 Å². The second-order valence-electron chi connectivity index (χ2n) is 5.25. The van der Waals surface area contributed by atoms with Gasteiger partial charge in [-0.15, -0.1) is 0 Å². The van der Waals surface area contributed by atoms with E-state index in [0.717, 1.165) is 6.07 Å². The first-order valence-electron chi connectivity index (χ1n) is 7.26. The minimum atomic E-state index is -4.46. The third-order valence-corrected chi connectivity index (χ3v) is 3.58. The molecule has 3 aromatic rings. The number of halogens is 3. The fourth-order valence-electron chi connectivity index (χ4n) is 2.47. The summed E-state index contributed by atoms with van der Waals surface area (Å²) in [6.45, 7) is 0. The molecule has 0 radical (unpaired) electrons. The van der Waals surface area contributed by atoms with Crippen molar-refractivity contribution in [2.24, 2.45) is 5.73 Å². The molecule has 4 nitrogen and oxygen atoms in total. The van der Waals surface area contributed by atoms with Crippen molar-refractivity contribution in [3.05, 3.63) is 72.2 Å². The third kappa shape index (κ3) is 3.50. The molecular weight excluding hydrogens is 331 g/mol. The van der Waals surface area contributed by atoms with Gasteiger partial charge in [0.05, 0.1) is 11.3 Å². The number of benzene rings is 2. The van der Waals surface area contributed by atoms with Gasteiger partial charge < -0.3 is 5.73 Å². The first kappa shape index (κ1) is 16.6. The van der Waals surface area contributed by atoms with Crippen molar-refractivity contribution in [1.29, 1.82) is 0 Å². The van der Waals surface area contributed by atoms with Crippen molar-refractivity contribution in [2.75, 3.05) is 0 Å². The van der Waals surface area contributed by atoms with Crippen LogP contribution in [0, 0.1) is 0 Å². The molecule has 1 aromatic heterocycles. The van der Waals surface area contributed by atoms with Crippen LogP contribution < -0.4 is 5.73 Å². The Morgan fingerprint density at radius 2 is 1.68 bits per heavy atom. The van der Waals surface area contributed by atoms with E-state index < -0.39 is 17.6 Å². The Balaban J connectivity index is 2.10. The van der Waals surface area contributed by atoms with Crippen molar-refractivity contribution < 1.29 is 18.0 Å². The SMILES string of the molecule is NC(=O)c1nccc(-c2cccc(-c3ccccc3C(F)(F)F)c2)n1. The fraction of sp³-hybridized carbons (Fsp3) is 0.0556. The molecule has 25 heavy (non-hydrogen) atoms. The van der Waals surface area contributed by atoms with E-state index in [-0.39, 0.29) is 11.4 Å². The molecule has 0 saturated heterocycles. The Bertz CT molecular complexity index is 939. The van der Waals surface area contributed by atoms with Crippen LogP contribution in [0.25, 0.3) is 22.4 Å². The van der Waals surface area contributed by atoms with E-state index in [2.05, 4.69) is 9.97 Å². The summed E-state index contributed by atoms with van der Waals surface area (Å²) in [7, 11) is 0. The molecular formula is C18H12F3N3O. The van der Waals surface area contributed by atoms with Crippen molar-refractivity contribution in [2.45, 2.75) is 6.18 Å². The van der Waals surface area contributed by atoms with Gasteiger partial charge >= 0.3 is 6.18 Å². The van der Waals surface area contributed by atoms with Crippen molar-refractivity contribution >= 4 is 5.91 Å². The van der Waals surface area contributed by atoms with Crippen LogP contribution >= 0.6 is 0 Å². The maximum absolute atomic E-state index is 13.2. The molecule has 1 heterocycles. The molecule has 0 atom stereocenters. The van der Waals surface area contributed by atoms with Gasteiger partial charge in [0.1, 0.15) is 0 Å². The quantitative estimate of drug-likeness (QED) is 0.783. The predicted molar refractivity (Wildman–Crippen MR) is 86.4 cm³/mol. The van der Waals surface area contributed by atoms with Crippen LogP contribution in [-0.2, 0) is 6.18 Å². The molecule has 0 saturated carbocycles. The van der Waals surface area contributed by atoms with E-state index in [4.69, 9.17) is 5.73 Å². The molecule has 2 aromatic carbocycles. The maximum atomic E-state index is 13.2. The molecule has 0 bridgehead atoms. The van der Waals surface area contributed by atoms with E-state index in [1.54, 1.807) is 36.4 Å². The smallest absolute Gasteiger partial charge is 0.363 e. The lowest BCUT2D eigenvalue weighted by molar-refractivity contribution is -0.137. The van der Waals surface area contributed by atoms with Gasteiger partial charge in [-0.05, 0) is 29.3 Å². The summed E-state index contributed by atoms with van der Waals surface area (Å²) in [4.78, 5) is 19.0. The second-order valence-corrected chi connectivity index (χ2v) is 5.25. The number of carbonyl (C=O) groups is 1. The van der Waals surface area contributed by atoms with Crippen LogP contribution in [0.3, 0.4) is 0 Å². The van der Waals surface area contributed by atoms with E-state index in [1.807, 2.05) is 0 Å². The molecule has 0 aliphatic heterocycles. The molecule has 0 aliphatic carbocycles. The average molecular weight is 343 g/mol. The second kappa shape index (κ2) is 6.35. The minimum absolute atomic E-state index is 0.0704. The third-order valence-electron chi connectivity index (χ3n) is 3.58. The van der Waals surface area contributed by atoms with Gasteiger partial charge in [0.15, 0.2) is 0 Å². The molecule has 0 aliphatic rings. The Labute approximate surface area is 141 Å². The highest BCUT2D eigenvalue weighted by atomic mass is 19.4. The lowest BCUT2D eigenvalue weighted by Crippen LogP contribution is -2.15. The summed E-state index contributed by atoms with van der Waals surface area (Å²) in [6, 6.07) is 13.4. The van der Waals surface area contributed by atoms with Gasteiger partial charge in [-0.2, -0.15) is 13.2 Å². The molecule has 0 unspecified atom stereocenters. The van der Waals surface area contributed by atoms with E-state index in [0.29, 0.717) is 16.8 Å². The van der Waals surface area contributed by atoms with Crippen LogP contribution in [0.15, 0.2) is 60.8 Å². The largest absolute Gasteiger partial charge is 0.417 e. The van der Waals surface area contributed by atoms with Gasteiger partial charge in [-0.25, -0.2) is 9.97 Å². The highest BCUT2D eigenvalue weighted by molar-refractivity contribution is 5.89. The number of hydrogen-bond donors (Lipinski definition) is 1. The first-order valence-corrected chi connectivity index (χ1v) is 7.26. The zero-order chi connectivity index (χ0) is 18.0. The fourth-order valence-corrected chi connectivity index (χ4v) is 2.47. The van der Waals surface area contributed by atoms with Gasteiger partial charge in [0.25, 0.3) is 5.91 Å². The number of amides is 1. The summed E-state index contributed by atoms with van der Waals surface area (Å²) in [5.41, 5.74) is 5.86. The summed E-state index contributed by atoms with van der Waals surface area (Å²) in [5, 5.41) is 0. The van der Waals surface area contributed by atoms with Crippen molar-refractivity contribution in [3.8, 4) is 22.4 Å². The normalized spacial score (nSPS) is 11.3. The van der Waals surface area contributed by atoms with Crippen LogP contribution in [0.2, 0.25) is 0 Å². The number of nitrogens with zero attached hydrogens (tertiary/aromatic N) is 2. The zero-order valence-corrected chi connectivity index (χ0v) is 12.8. The predicted octanol–water partition coefficient (Wildman–Crippen LogP) is 3.93. The van der Waals surface area contributed by atoms with Gasteiger partial charge in [-0.3, -0.25) is 4.79 Å². The van der Waals surface area contributed by atoms with E-state index in [1.165, 1.54) is 18.3 Å². The average Bonchev–Trinajstić information content (AvgIpc) is 2.61. The zero-order valence-electron chi connectivity index (χ0n) is 12.8. The topological polar surface area (TPSA) is 68.9 Å². The molecule has 0 spiro atoms. The summed E-state index contributed by atoms with van der Waals surface area (Å²) in [5.74, 6) is -0.931. The Hall–Kier alpha value is -3.22. The van der Waals surface area contributed by atoms with Gasteiger partial charge in [0, 0.05) is 11.8 Å². The molecule has 2 N–H and O–H groups in total. The van der Waals surface area contributed by atoms with E-state index >= 15 is 0 Å². The molecule has 3 rings (SSSR count). The number of carbonyl (C=O) groups excluding carboxylic acids is 1. The summed E-state index contributed by atoms with van der Waals surface area (Å²) in [6.07, 6.45) is -3.08. The van der Waals surface area contributed by atoms with Crippen molar-refractivity contribution in [3.63, 3.8) is 0 Å². The van der Waals surface area contributed by atoms with Gasteiger partial charge in [0.2, 0.25) is 5.82 Å². The standard InChI is InChI=1S/C18H12F3N3O/c19-18(20,21)14-7-2-1-6-13(14)11-4-3-5-12(10-11)15-8-9-23-17(24-15)16(22)25/h1-10H,(H2,22,25). The van der Waals surface area contributed by atoms with Gasteiger partial charge in [-0.1, -0.05) is 36.4 Å². The monoisotopic (exact) mass is 343 g/mol. The number of hydrogen-bond acceptors (Lipinski definition) is 3. The lowest BCUT2D eigenvalue weighted by Gasteiger charge is -2.13. The minimum Gasteiger partial charge on any atom is -0.363 e. The Morgan fingerprint density at radius 1 is 0.960 bits per heavy atom. The highest BCUT2D eigenvalue weighted by Crippen LogP contribution is 2.37. The lowest BCUT2D eigenvalue weighted by atomic mass is 9.97. The first-order chi connectivity index (χ1) is 11.9. The Morgan fingerprint density at radius 3 is 2.40 bits per heavy atom. The van der Waals surface area contributed by atoms with E-state index in [9.17, 15) is 18.0 Å². The summed E-state index contributed by atoms with van der Waals surface area (Å²) < 4.78 is 39.7. The molecule has 7 heteroatoms. The van der Waals surface area contributed by atoms with Crippen LogP contribution in [0.5, 0.6) is 0 Å². The maximum Gasteiger partial charge on any atom is 0.417 e. The number of nitrogens with two attached hydrogens (primary N) is 1. The number of rotatable bonds is 3. The molecule has 126 valence electrons.